The van der Waals surface area contributed by atoms with E-state index < -0.39 is 5.82 Å². The Morgan fingerprint density at radius 3 is 2.81 bits per heavy atom. The van der Waals surface area contributed by atoms with Gasteiger partial charge in [-0.15, -0.1) is 0 Å². The molecule has 1 N–H and O–H groups in total. The van der Waals surface area contributed by atoms with Gasteiger partial charge < -0.3 is 4.74 Å². The molecule has 0 radical (unpaired) electrons. The molecule has 0 saturated heterocycles. The maximum atomic E-state index is 13.4. The van der Waals surface area contributed by atoms with Gasteiger partial charge in [-0.3, -0.25) is 5.10 Å². The Hall–Kier alpha value is -2.21. The number of hydrogen-bond donors (Lipinski definition) is 1. The lowest BCUT2D eigenvalue weighted by Crippen LogP contribution is -1.99. The van der Waals surface area contributed by atoms with E-state index in [-0.39, 0.29) is 12.4 Å². The second kappa shape index (κ2) is 6.05. The summed E-state index contributed by atoms with van der Waals surface area (Å²) >= 11 is 3.40. The van der Waals surface area contributed by atoms with Crippen molar-refractivity contribution in [1.82, 2.24) is 15.2 Å². The highest BCUT2D eigenvalue weighted by atomic mass is 79.9. The minimum atomic E-state index is -0.399. The molecule has 0 atom stereocenters. The fourth-order valence-electron chi connectivity index (χ4n) is 1.82. The van der Waals surface area contributed by atoms with E-state index >= 15 is 0 Å². The third-order valence-corrected chi connectivity index (χ3v) is 3.31. The first kappa shape index (κ1) is 13.8. The van der Waals surface area contributed by atoms with E-state index in [0.29, 0.717) is 11.6 Å². The van der Waals surface area contributed by atoms with Crippen LogP contribution in [0.3, 0.4) is 0 Å². The number of hydrogen-bond acceptors (Lipinski definition) is 3. The summed E-state index contributed by atoms with van der Waals surface area (Å²) in [6, 6.07) is 13.9. The molecule has 4 nitrogen and oxygen atoms in total. The van der Waals surface area contributed by atoms with Crippen molar-refractivity contribution < 1.29 is 9.13 Å². The molecule has 106 valence electrons. The monoisotopic (exact) mass is 347 g/mol. The molecule has 0 aliphatic rings. The number of H-pyrrole nitrogens is 1. The fraction of sp³-hybridized carbons (Fsp3) is 0.0667. The van der Waals surface area contributed by atoms with Gasteiger partial charge in [0.15, 0.2) is 23.2 Å². The Balaban J connectivity index is 1.72. The first-order valence-electron chi connectivity index (χ1n) is 6.27. The van der Waals surface area contributed by atoms with Crippen LogP contribution in [-0.4, -0.2) is 15.2 Å². The van der Waals surface area contributed by atoms with Crippen LogP contribution in [0, 0.1) is 5.82 Å². The topological polar surface area (TPSA) is 50.8 Å². The van der Waals surface area contributed by atoms with Crippen molar-refractivity contribution in [3.8, 4) is 17.1 Å². The molecule has 6 heteroatoms. The van der Waals surface area contributed by atoms with Gasteiger partial charge in [-0.05, 0) is 24.3 Å². The number of nitrogens with zero attached hydrogens (tertiary/aromatic N) is 2. The molecule has 0 saturated carbocycles. The molecule has 0 spiro atoms. The molecule has 21 heavy (non-hydrogen) atoms. The molecular formula is C15H11BrFN3O. The number of aromatic amines is 1. The van der Waals surface area contributed by atoms with Gasteiger partial charge in [0, 0.05) is 10.0 Å². The van der Waals surface area contributed by atoms with Crippen molar-refractivity contribution in [3.05, 3.63) is 64.6 Å². The average Bonchev–Trinajstić information content (AvgIpc) is 2.95. The summed E-state index contributed by atoms with van der Waals surface area (Å²) in [5.41, 5.74) is 0.887. The number of nitrogens with one attached hydrogen (secondary N) is 1. The number of para-hydroxylation sites is 1. The summed E-state index contributed by atoms with van der Waals surface area (Å²) in [4.78, 5) is 4.33. The predicted molar refractivity (Wildman–Crippen MR) is 80.3 cm³/mol. The van der Waals surface area contributed by atoms with Gasteiger partial charge >= 0.3 is 0 Å². The van der Waals surface area contributed by atoms with Gasteiger partial charge in [0.25, 0.3) is 0 Å². The van der Waals surface area contributed by atoms with Gasteiger partial charge in [-0.2, -0.15) is 5.10 Å². The maximum Gasteiger partial charge on any atom is 0.181 e. The lowest BCUT2D eigenvalue weighted by Gasteiger charge is -2.04. The van der Waals surface area contributed by atoms with Gasteiger partial charge in [0.05, 0.1) is 0 Å². The standard InChI is InChI=1S/C15H11BrFN3O/c16-11-5-3-4-10(8-11)15-18-14(19-20-15)9-21-13-7-2-1-6-12(13)17/h1-8H,9H2,(H,18,19,20). The lowest BCUT2D eigenvalue weighted by molar-refractivity contribution is 0.281. The van der Waals surface area contributed by atoms with Crippen molar-refractivity contribution in [3.63, 3.8) is 0 Å². The number of rotatable bonds is 4. The molecule has 1 heterocycles. The van der Waals surface area contributed by atoms with Crippen LogP contribution in [0.1, 0.15) is 5.82 Å². The van der Waals surface area contributed by atoms with Crippen LogP contribution in [0.15, 0.2) is 53.0 Å². The summed E-state index contributed by atoms with van der Waals surface area (Å²) < 4.78 is 19.8. The largest absolute Gasteiger partial charge is 0.483 e. The van der Waals surface area contributed by atoms with Gasteiger partial charge in [0.2, 0.25) is 0 Å². The van der Waals surface area contributed by atoms with Crippen LogP contribution in [0.5, 0.6) is 5.75 Å². The molecule has 0 bridgehead atoms. The molecule has 0 unspecified atom stereocenters. The van der Waals surface area contributed by atoms with Gasteiger partial charge in [-0.1, -0.05) is 40.2 Å². The molecule has 0 aliphatic carbocycles. The third kappa shape index (κ3) is 3.28. The van der Waals surface area contributed by atoms with E-state index in [9.17, 15) is 4.39 Å². The number of ether oxygens (including phenoxy) is 1. The Kier molecular flexibility index (Phi) is 3.96. The molecule has 0 fully saturated rings. The molecule has 3 aromatic rings. The Morgan fingerprint density at radius 2 is 2.00 bits per heavy atom. The van der Waals surface area contributed by atoms with Crippen LogP contribution in [0.25, 0.3) is 11.4 Å². The fourth-order valence-corrected chi connectivity index (χ4v) is 2.22. The van der Waals surface area contributed by atoms with Crippen LogP contribution < -0.4 is 4.74 Å². The average molecular weight is 348 g/mol. The Labute approximate surface area is 129 Å². The highest BCUT2D eigenvalue weighted by molar-refractivity contribution is 9.10. The predicted octanol–water partition coefficient (Wildman–Crippen LogP) is 3.95. The summed E-state index contributed by atoms with van der Waals surface area (Å²) in [6.45, 7) is 0.127. The van der Waals surface area contributed by atoms with Crippen LogP contribution in [0.4, 0.5) is 4.39 Å². The molecular weight excluding hydrogens is 337 g/mol. The van der Waals surface area contributed by atoms with E-state index in [0.717, 1.165) is 10.0 Å². The summed E-state index contributed by atoms with van der Waals surface area (Å²) in [6.07, 6.45) is 0. The third-order valence-electron chi connectivity index (χ3n) is 2.82. The minimum Gasteiger partial charge on any atom is -0.483 e. The smallest absolute Gasteiger partial charge is 0.181 e. The van der Waals surface area contributed by atoms with Crippen molar-refractivity contribution in [2.75, 3.05) is 0 Å². The van der Waals surface area contributed by atoms with Crippen molar-refractivity contribution in [2.45, 2.75) is 6.61 Å². The number of benzene rings is 2. The molecule has 0 amide bonds. The van der Waals surface area contributed by atoms with Crippen LogP contribution in [-0.2, 0) is 6.61 Å². The quantitative estimate of drug-likeness (QED) is 0.777. The molecule has 0 aliphatic heterocycles. The first-order valence-corrected chi connectivity index (χ1v) is 7.06. The number of aromatic nitrogens is 3. The van der Waals surface area contributed by atoms with E-state index in [4.69, 9.17) is 4.74 Å². The SMILES string of the molecule is Fc1ccccc1OCc1nc(-c2cccc(Br)c2)n[nH]1. The zero-order valence-corrected chi connectivity index (χ0v) is 12.5. The molecule has 3 rings (SSSR count). The van der Waals surface area contributed by atoms with Gasteiger partial charge in [0.1, 0.15) is 6.61 Å². The Bertz CT molecular complexity index is 760. The summed E-state index contributed by atoms with van der Waals surface area (Å²) in [5, 5.41) is 6.92. The van der Waals surface area contributed by atoms with Crippen molar-refractivity contribution in [2.24, 2.45) is 0 Å². The molecule has 1 aromatic heterocycles. The number of halogens is 2. The van der Waals surface area contributed by atoms with Crippen molar-refractivity contribution >= 4 is 15.9 Å². The van der Waals surface area contributed by atoms with Crippen LogP contribution >= 0.6 is 15.9 Å². The minimum absolute atomic E-state index is 0.127. The van der Waals surface area contributed by atoms with E-state index in [1.165, 1.54) is 6.07 Å². The second-order valence-corrected chi connectivity index (χ2v) is 5.25. The highest BCUT2D eigenvalue weighted by Crippen LogP contribution is 2.20. The second-order valence-electron chi connectivity index (χ2n) is 4.34. The zero-order valence-electron chi connectivity index (χ0n) is 10.9. The van der Waals surface area contributed by atoms with Crippen LogP contribution in [0.2, 0.25) is 0 Å². The van der Waals surface area contributed by atoms with E-state index in [2.05, 4.69) is 31.1 Å². The normalized spacial score (nSPS) is 10.6. The lowest BCUT2D eigenvalue weighted by atomic mass is 10.2. The highest BCUT2D eigenvalue weighted by Gasteiger charge is 2.08. The summed E-state index contributed by atoms with van der Waals surface area (Å²) in [7, 11) is 0. The molecule has 2 aromatic carbocycles. The summed E-state index contributed by atoms with van der Waals surface area (Å²) in [5.74, 6) is 0.902. The van der Waals surface area contributed by atoms with E-state index in [1.807, 2.05) is 24.3 Å². The Morgan fingerprint density at radius 1 is 1.14 bits per heavy atom. The van der Waals surface area contributed by atoms with Gasteiger partial charge in [-0.25, -0.2) is 9.37 Å². The van der Waals surface area contributed by atoms with Crippen molar-refractivity contribution in [1.29, 1.82) is 0 Å². The zero-order chi connectivity index (χ0) is 14.7. The maximum absolute atomic E-state index is 13.4. The van der Waals surface area contributed by atoms with E-state index in [1.54, 1.807) is 18.2 Å². The first-order chi connectivity index (χ1) is 10.2.